The Kier molecular flexibility index (Phi) is 3.21. The highest BCUT2D eigenvalue weighted by Gasteiger charge is 2.10. The van der Waals surface area contributed by atoms with Crippen molar-refractivity contribution >= 4 is 38.5 Å². The highest BCUT2D eigenvalue weighted by Crippen LogP contribution is 2.31. The van der Waals surface area contributed by atoms with Gasteiger partial charge in [-0.3, -0.25) is 0 Å². The Balaban J connectivity index is 3.60. The van der Waals surface area contributed by atoms with Gasteiger partial charge in [0, 0.05) is 8.04 Å². The Labute approximate surface area is 96.0 Å². The fourth-order valence-corrected chi connectivity index (χ4v) is 2.62. The molecular formula is C10H12BrI. The van der Waals surface area contributed by atoms with E-state index in [1.54, 1.807) is 0 Å². The molecule has 1 rings (SSSR count). The van der Waals surface area contributed by atoms with E-state index >= 15 is 0 Å². The zero-order chi connectivity index (χ0) is 9.46. The van der Waals surface area contributed by atoms with E-state index in [1.807, 2.05) is 0 Å². The highest BCUT2D eigenvalue weighted by atomic mass is 127. The van der Waals surface area contributed by atoms with Crippen LogP contribution in [0.5, 0.6) is 0 Å². The molecule has 0 amide bonds. The fourth-order valence-electron chi connectivity index (χ4n) is 1.22. The summed E-state index contributed by atoms with van der Waals surface area (Å²) in [5.41, 5.74) is 5.58. The zero-order valence-electron chi connectivity index (χ0n) is 7.76. The molecule has 0 N–H and O–H groups in total. The molecule has 0 aliphatic rings. The summed E-state index contributed by atoms with van der Waals surface area (Å²) >= 11 is 6.00. The Hall–Kier alpha value is 0.430. The topological polar surface area (TPSA) is 0 Å². The molecule has 12 heavy (non-hydrogen) atoms. The third-order valence-electron chi connectivity index (χ3n) is 2.54. The monoisotopic (exact) mass is 338 g/mol. The van der Waals surface area contributed by atoms with Crippen molar-refractivity contribution in [1.29, 1.82) is 0 Å². The SMILES string of the molecule is Cc1c(C)c(C)c(I)c(Br)c1C. The lowest BCUT2D eigenvalue weighted by molar-refractivity contribution is 1.18. The molecule has 66 valence electrons. The van der Waals surface area contributed by atoms with Crippen LogP contribution in [-0.2, 0) is 0 Å². The Bertz CT molecular complexity index is 224. The van der Waals surface area contributed by atoms with E-state index in [0.717, 1.165) is 0 Å². The molecule has 0 heterocycles. The maximum atomic E-state index is 3.61. The zero-order valence-corrected chi connectivity index (χ0v) is 11.5. The van der Waals surface area contributed by atoms with Gasteiger partial charge in [-0.05, 0) is 88.5 Å². The summed E-state index contributed by atoms with van der Waals surface area (Å²) in [4.78, 5) is 0. The maximum absolute atomic E-state index is 3.61. The predicted molar refractivity (Wildman–Crippen MR) is 65.8 cm³/mol. The van der Waals surface area contributed by atoms with Gasteiger partial charge in [0.25, 0.3) is 0 Å². The minimum absolute atomic E-state index is 1.25. The molecular weight excluding hydrogens is 327 g/mol. The van der Waals surface area contributed by atoms with Gasteiger partial charge in [0.2, 0.25) is 0 Å². The van der Waals surface area contributed by atoms with Crippen molar-refractivity contribution < 1.29 is 0 Å². The van der Waals surface area contributed by atoms with E-state index in [-0.39, 0.29) is 0 Å². The molecule has 1 aromatic carbocycles. The molecule has 0 fully saturated rings. The number of rotatable bonds is 0. The van der Waals surface area contributed by atoms with Crippen molar-refractivity contribution in [2.24, 2.45) is 0 Å². The number of hydrogen-bond donors (Lipinski definition) is 0. The molecule has 0 bridgehead atoms. The van der Waals surface area contributed by atoms with Gasteiger partial charge in [0.1, 0.15) is 0 Å². The first kappa shape index (κ1) is 10.5. The minimum atomic E-state index is 1.25. The summed E-state index contributed by atoms with van der Waals surface area (Å²) in [5.74, 6) is 0. The van der Waals surface area contributed by atoms with Crippen LogP contribution in [0.1, 0.15) is 22.3 Å². The molecule has 0 aliphatic heterocycles. The van der Waals surface area contributed by atoms with E-state index in [1.165, 1.54) is 30.3 Å². The maximum Gasteiger partial charge on any atom is 0.0343 e. The van der Waals surface area contributed by atoms with Crippen LogP contribution in [0.2, 0.25) is 0 Å². The highest BCUT2D eigenvalue weighted by molar-refractivity contribution is 14.1. The number of benzene rings is 1. The second kappa shape index (κ2) is 3.66. The summed E-state index contributed by atoms with van der Waals surface area (Å²) in [6.45, 7) is 8.70. The quantitative estimate of drug-likeness (QED) is 0.619. The summed E-state index contributed by atoms with van der Waals surface area (Å²) < 4.78 is 2.59. The van der Waals surface area contributed by atoms with Gasteiger partial charge in [0.15, 0.2) is 0 Å². The summed E-state index contributed by atoms with van der Waals surface area (Å²) in [7, 11) is 0. The van der Waals surface area contributed by atoms with Gasteiger partial charge in [-0.2, -0.15) is 0 Å². The first-order valence-electron chi connectivity index (χ1n) is 3.88. The van der Waals surface area contributed by atoms with Crippen LogP contribution in [0, 0.1) is 31.3 Å². The van der Waals surface area contributed by atoms with E-state index in [9.17, 15) is 0 Å². The number of hydrogen-bond acceptors (Lipinski definition) is 0. The van der Waals surface area contributed by atoms with Gasteiger partial charge in [-0.25, -0.2) is 0 Å². The van der Waals surface area contributed by atoms with Gasteiger partial charge >= 0.3 is 0 Å². The molecule has 0 aromatic heterocycles. The minimum Gasteiger partial charge on any atom is -0.0494 e. The molecule has 0 saturated carbocycles. The lowest BCUT2D eigenvalue weighted by atomic mass is 10.00. The lowest BCUT2D eigenvalue weighted by Gasteiger charge is -2.13. The van der Waals surface area contributed by atoms with Crippen LogP contribution in [0.4, 0.5) is 0 Å². The van der Waals surface area contributed by atoms with Crippen molar-refractivity contribution in [2.75, 3.05) is 0 Å². The van der Waals surface area contributed by atoms with Crippen LogP contribution >= 0.6 is 38.5 Å². The molecule has 1 aromatic rings. The van der Waals surface area contributed by atoms with Crippen LogP contribution in [0.15, 0.2) is 4.47 Å². The first-order valence-corrected chi connectivity index (χ1v) is 5.75. The molecule has 0 atom stereocenters. The molecule has 0 nitrogen and oxygen atoms in total. The van der Waals surface area contributed by atoms with Gasteiger partial charge in [0.05, 0.1) is 0 Å². The van der Waals surface area contributed by atoms with Gasteiger partial charge in [-0.1, -0.05) is 0 Å². The van der Waals surface area contributed by atoms with Crippen molar-refractivity contribution in [2.45, 2.75) is 27.7 Å². The van der Waals surface area contributed by atoms with Gasteiger partial charge < -0.3 is 0 Å². The van der Waals surface area contributed by atoms with E-state index in [4.69, 9.17) is 0 Å². The fraction of sp³-hybridized carbons (Fsp3) is 0.400. The normalized spacial score (nSPS) is 10.5. The Morgan fingerprint density at radius 1 is 0.833 bits per heavy atom. The van der Waals surface area contributed by atoms with Crippen molar-refractivity contribution in [1.82, 2.24) is 0 Å². The number of halogens is 2. The molecule has 0 unspecified atom stereocenters. The summed E-state index contributed by atoms with van der Waals surface area (Å²) in [5, 5.41) is 0. The third-order valence-corrected chi connectivity index (χ3v) is 5.62. The smallest absolute Gasteiger partial charge is 0.0343 e. The first-order chi connectivity index (χ1) is 5.46. The molecule has 0 spiro atoms. The van der Waals surface area contributed by atoms with Crippen LogP contribution in [0.3, 0.4) is 0 Å². The molecule has 0 radical (unpaired) electrons. The van der Waals surface area contributed by atoms with E-state index < -0.39 is 0 Å². The van der Waals surface area contributed by atoms with Crippen LogP contribution in [0.25, 0.3) is 0 Å². The second-order valence-corrected chi connectivity index (χ2v) is 5.00. The van der Waals surface area contributed by atoms with Crippen LogP contribution < -0.4 is 0 Å². The van der Waals surface area contributed by atoms with Crippen molar-refractivity contribution in [3.63, 3.8) is 0 Å². The third kappa shape index (κ3) is 1.55. The van der Waals surface area contributed by atoms with E-state index in [0.29, 0.717) is 0 Å². The molecule has 2 heteroatoms. The lowest BCUT2D eigenvalue weighted by Crippen LogP contribution is -1.96. The average molecular weight is 339 g/mol. The van der Waals surface area contributed by atoms with Crippen LogP contribution in [-0.4, -0.2) is 0 Å². The molecule has 0 aliphatic carbocycles. The average Bonchev–Trinajstić information content (AvgIpc) is 2.08. The molecule has 0 saturated heterocycles. The largest absolute Gasteiger partial charge is 0.0494 e. The van der Waals surface area contributed by atoms with Gasteiger partial charge in [-0.15, -0.1) is 0 Å². The van der Waals surface area contributed by atoms with Crippen molar-refractivity contribution in [3.05, 3.63) is 30.3 Å². The standard InChI is InChI=1S/C10H12BrI/c1-5-6(2)8(4)10(12)9(11)7(5)3/h1-4H3. The Morgan fingerprint density at radius 3 is 1.75 bits per heavy atom. The van der Waals surface area contributed by atoms with E-state index in [2.05, 4.69) is 66.2 Å². The summed E-state index contributed by atoms with van der Waals surface area (Å²) in [6.07, 6.45) is 0. The summed E-state index contributed by atoms with van der Waals surface area (Å²) in [6, 6.07) is 0. The predicted octanol–water partition coefficient (Wildman–Crippen LogP) is 4.29. The van der Waals surface area contributed by atoms with Crippen molar-refractivity contribution in [3.8, 4) is 0 Å². The Morgan fingerprint density at radius 2 is 1.25 bits per heavy atom. The second-order valence-electron chi connectivity index (χ2n) is 3.13.